The number of carbonyl (C=O) groups excluding carboxylic acids is 1. The van der Waals surface area contributed by atoms with Crippen LogP contribution in [0.3, 0.4) is 0 Å². The van der Waals surface area contributed by atoms with Crippen molar-refractivity contribution >= 4 is 5.91 Å². The van der Waals surface area contributed by atoms with Gasteiger partial charge in [0.15, 0.2) is 11.6 Å². The lowest BCUT2D eigenvalue weighted by atomic mass is 9.93. The molecule has 1 fully saturated rings. The van der Waals surface area contributed by atoms with Crippen LogP contribution in [0, 0.1) is 11.6 Å². The lowest BCUT2D eigenvalue weighted by molar-refractivity contribution is 0.0913. The molecule has 3 heterocycles. The van der Waals surface area contributed by atoms with E-state index in [1.807, 2.05) is 18.2 Å². The normalized spacial score (nSPS) is 15.3. The first-order valence-electron chi connectivity index (χ1n) is 9.89. The number of pyridine rings is 1. The van der Waals surface area contributed by atoms with Crippen LogP contribution in [0.1, 0.15) is 46.3 Å². The van der Waals surface area contributed by atoms with Crippen LogP contribution in [0.2, 0.25) is 0 Å². The number of hydrogen-bond donors (Lipinski definition) is 1. The standard InChI is InChI=1S/C22H22F2N4O2/c23-18-5-4-15(11-19(18)24)14-28-9-6-16(7-10-28)20-12-21(30-27-20)22(29)26-13-17-3-1-2-8-25-17/h1-5,8,11-12,16H,6-7,9-10,13-14H2,(H,26,29). The zero-order valence-corrected chi connectivity index (χ0v) is 16.4. The third-order valence-corrected chi connectivity index (χ3v) is 5.30. The number of rotatable bonds is 6. The molecule has 1 aromatic carbocycles. The Balaban J connectivity index is 1.28. The summed E-state index contributed by atoms with van der Waals surface area (Å²) in [5, 5.41) is 6.86. The number of nitrogens with zero attached hydrogens (tertiary/aromatic N) is 3. The fourth-order valence-electron chi connectivity index (χ4n) is 3.63. The minimum absolute atomic E-state index is 0.185. The van der Waals surface area contributed by atoms with Crippen molar-refractivity contribution < 1.29 is 18.1 Å². The first kappa shape index (κ1) is 20.2. The van der Waals surface area contributed by atoms with Crippen LogP contribution in [-0.2, 0) is 13.1 Å². The van der Waals surface area contributed by atoms with Crippen LogP contribution in [0.4, 0.5) is 8.78 Å². The molecule has 1 N–H and O–H groups in total. The molecule has 0 atom stereocenters. The molecule has 0 spiro atoms. The van der Waals surface area contributed by atoms with Gasteiger partial charge >= 0.3 is 0 Å². The van der Waals surface area contributed by atoms with Crippen molar-refractivity contribution in [2.45, 2.75) is 31.8 Å². The fraction of sp³-hybridized carbons (Fsp3) is 0.318. The largest absolute Gasteiger partial charge is 0.351 e. The van der Waals surface area contributed by atoms with Gasteiger partial charge in [0, 0.05) is 24.7 Å². The van der Waals surface area contributed by atoms with Gasteiger partial charge in [-0.15, -0.1) is 0 Å². The Hall–Kier alpha value is -3.13. The Kier molecular flexibility index (Phi) is 6.13. The molecule has 6 nitrogen and oxygen atoms in total. The molecule has 0 bridgehead atoms. The average Bonchev–Trinajstić information content (AvgIpc) is 3.26. The van der Waals surface area contributed by atoms with E-state index in [0.717, 1.165) is 48.9 Å². The molecule has 0 saturated carbocycles. The molecule has 1 aliphatic heterocycles. The molecule has 0 radical (unpaired) electrons. The fourth-order valence-corrected chi connectivity index (χ4v) is 3.63. The summed E-state index contributed by atoms with van der Waals surface area (Å²) in [5.74, 6) is -1.59. The first-order chi connectivity index (χ1) is 14.6. The van der Waals surface area contributed by atoms with Gasteiger partial charge in [-0.3, -0.25) is 14.7 Å². The number of benzene rings is 1. The Morgan fingerprint density at radius 1 is 1.13 bits per heavy atom. The summed E-state index contributed by atoms with van der Waals surface area (Å²) in [7, 11) is 0. The summed E-state index contributed by atoms with van der Waals surface area (Å²) < 4.78 is 31.7. The zero-order chi connectivity index (χ0) is 20.9. The van der Waals surface area contributed by atoms with E-state index >= 15 is 0 Å². The van der Waals surface area contributed by atoms with E-state index in [2.05, 4.69) is 20.4 Å². The second-order valence-corrected chi connectivity index (χ2v) is 7.42. The van der Waals surface area contributed by atoms with Gasteiger partial charge in [0.05, 0.1) is 17.9 Å². The topological polar surface area (TPSA) is 71.3 Å². The van der Waals surface area contributed by atoms with Gasteiger partial charge in [-0.1, -0.05) is 17.3 Å². The maximum absolute atomic E-state index is 13.4. The van der Waals surface area contributed by atoms with Crippen molar-refractivity contribution in [2.75, 3.05) is 13.1 Å². The van der Waals surface area contributed by atoms with Gasteiger partial charge in [-0.25, -0.2) is 8.78 Å². The summed E-state index contributed by atoms with van der Waals surface area (Å²) in [6.45, 7) is 2.50. The highest BCUT2D eigenvalue weighted by Gasteiger charge is 2.25. The number of nitrogens with one attached hydrogen (secondary N) is 1. The van der Waals surface area contributed by atoms with Gasteiger partial charge in [0.1, 0.15) is 0 Å². The zero-order valence-electron chi connectivity index (χ0n) is 16.4. The number of piperidine rings is 1. The van der Waals surface area contributed by atoms with Crippen molar-refractivity contribution in [3.8, 4) is 0 Å². The molecule has 0 unspecified atom stereocenters. The molecule has 0 aliphatic carbocycles. The molecule has 1 saturated heterocycles. The van der Waals surface area contributed by atoms with E-state index in [1.165, 1.54) is 6.07 Å². The Morgan fingerprint density at radius 3 is 2.70 bits per heavy atom. The summed E-state index contributed by atoms with van der Waals surface area (Å²) >= 11 is 0. The van der Waals surface area contributed by atoms with Gasteiger partial charge in [-0.05, 0) is 55.8 Å². The third kappa shape index (κ3) is 4.88. The highest BCUT2D eigenvalue weighted by Crippen LogP contribution is 2.28. The van der Waals surface area contributed by atoms with E-state index < -0.39 is 11.6 Å². The first-order valence-corrected chi connectivity index (χ1v) is 9.89. The number of amides is 1. The number of carbonyl (C=O) groups is 1. The van der Waals surface area contributed by atoms with E-state index in [4.69, 9.17) is 4.52 Å². The Bertz CT molecular complexity index is 1000. The van der Waals surface area contributed by atoms with Crippen LogP contribution in [-0.4, -0.2) is 34.0 Å². The molecule has 1 aliphatic rings. The maximum Gasteiger partial charge on any atom is 0.290 e. The quantitative estimate of drug-likeness (QED) is 0.669. The summed E-state index contributed by atoms with van der Waals surface area (Å²) in [5.41, 5.74) is 2.28. The molecule has 2 aromatic heterocycles. The predicted octanol–water partition coefficient (Wildman–Crippen LogP) is 3.66. The van der Waals surface area contributed by atoms with Crippen LogP contribution in [0.25, 0.3) is 0 Å². The SMILES string of the molecule is O=C(NCc1ccccn1)c1cc(C2CCN(Cc3ccc(F)c(F)c3)CC2)no1. The van der Waals surface area contributed by atoms with E-state index in [0.29, 0.717) is 13.1 Å². The van der Waals surface area contributed by atoms with Gasteiger partial charge < -0.3 is 9.84 Å². The summed E-state index contributed by atoms with van der Waals surface area (Å²) in [4.78, 5) is 18.6. The predicted molar refractivity (Wildman–Crippen MR) is 106 cm³/mol. The number of hydrogen-bond acceptors (Lipinski definition) is 5. The Morgan fingerprint density at radius 2 is 1.97 bits per heavy atom. The molecule has 8 heteroatoms. The minimum Gasteiger partial charge on any atom is -0.351 e. The van der Waals surface area contributed by atoms with E-state index in [-0.39, 0.29) is 17.6 Å². The Labute approximate surface area is 172 Å². The van der Waals surface area contributed by atoms with Crippen LogP contribution in [0.15, 0.2) is 53.2 Å². The molecular weight excluding hydrogens is 390 g/mol. The molecule has 3 aromatic rings. The number of halogens is 2. The summed E-state index contributed by atoms with van der Waals surface area (Å²) in [6, 6.07) is 11.2. The minimum atomic E-state index is -0.830. The van der Waals surface area contributed by atoms with Crippen LogP contribution < -0.4 is 5.32 Å². The highest BCUT2D eigenvalue weighted by atomic mass is 19.2. The van der Waals surface area contributed by atoms with E-state index in [1.54, 1.807) is 18.3 Å². The van der Waals surface area contributed by atoms with Crippen molar-refractivity contribution in [2.24, 2.45) is 0 Å². The van der Waals surface area contributed by atoms with Gasteiger partial charge in [-0.2, -0.15) is 0 Å². The van der Waals surface area contributed by atoms with Crippen molar-refractivity contribution in [3.63, 3.8) is 0 Å². The molecule has 30 heavy (non-hydrogen) atoms. The smallest absolute Gasteiger partial charge is 0.290 e. The van der Waals surface area contributed by atoms with Crippen molar-refractivity contribution in [1.29, 1.82) is 0 Å². The second kappa shape index (κ2) is 9.13. The maximum atomic E-state index is 13.4. The molecule has 4 rings (SSSR count). The molecule has 156 valence electrons. The lowest BCUT2D eigenvalue weighted by Crippen LogP contribution is -2.32. The number of likely N-dealkylation sites (tertiary alicyclic amines) is 1. The molecule has 1 amide bonds. The van der Waals surface area contributed by atoms with Crippen LogP contribution >= 0.6 is 0 Å². The average molecular weight is 412 g/mol. The molecular formula is C22H22F2N4O2. The summed E-state index contributed by atoms with van der Waals surface area (Å²) in [6.07, 6.45) is 3.38. The highest BCUT2D eigenvalue weighted by molar-refractivity contribution is 5.91. The van der Waals surface area contributed by atoms with Crippen LogP contribution in [0.5, 0.6) is 0 Å². The van der Waals surface area contributed by atoms with Gasteiger partial charge in [0.25, 0.3) is 5.91 Å². The van der Waals surface area contributed by atoms with Crippen molar-refractivity contribution in [1.82, 2.24) is 20.4 Å². The van der Waals surface area contributed by atoms with E-state index in [9.17, 15) is 13.6 Å². The third-order valence-electron chi connectivity index (χ3n) is 5.30. The second-order valence-electron chi connectivity index (χ2n) is 7.42. The van der Waals surface area contributed by atoms with Gasteiger partial charge in [0.2, 0.25) is 5.76 Å². The monoisotopic (exact) mass is 412 g/mol. The van der Waals surface area contributed by atoms with Crippen molar-refractivity contribution in [3.05, 3.63) is 83.0 Å². The number of aromatic nitrogens is 2. The lowest BCUT2D eigenvalue weighted by Gasteiger charge is -2.31.